The normalized spacial score (nSPS) is 18.3. The van der Waals surface area contributed by atoms with Gasteiger partial charge < -0.3 is 43.9 Å². The number of aliphatic hydroxyl groups is 1. The van der Waals surface area contributed by atoms with Gasteiger partial charge in [-0.2, -0.15) is 0 Å². The number of carbonyl (C=O) groups excluding carboxylic acids is 3. The standard InChI is InChI=1S/C46H54N4O11/c1-8-28-25(2)34-22-39-32-12-9-31(44(54)55)43(45(56)61-20-19-60-18-17-59-16-15-51)46(32,5)40(50-39)24-35-27(4)30(11-14-42(53)58-7)38(49-35)23-37-29(10-13-41(52)57-6)26(3)33(48-37)21-36(28)47-34/h8,12,21-24,31,43,47-48,51H,1,9-11,13-20H2,2-7H3,(H,54,55)/t31-,43+,46-/m1/s1. The predicted molar refractivity (Wildman–Crippen MR) is 229 cm³/mol. The number of fused-ring (bicyclic) bond motifs is 11. The molecule has 0 saturated carbocycles. The van der Waals surface area contributed by atoms with Crippen LogP contribution in [0.3, 0.4) is 0 Å². The average Bonchev–Trinajstić information content (AvgIpc) is 3.90. The molecule has 0 unspecified atom stereocenters. The minimum Gasteiger partial charge on any atom is -0.481 e. The molecular formula is C46H54N4O11. The minimum atomic E-state index is -1.28. The van der Waals surface area contributed by atoms with Crippen LogP contribution in [-0.4, -0.2) is 108 Å². The quantitative estimate of drug-likeness (QED) is 0.0679. The molecule has 3 atom stereocenters. The number of nitrogens with zero attached hydrogens (tertiary/aromatic N) is 2. The summed E-state index contributed by atoms with van der Waals surface area (Å²) in [4.78, 5) is 69.5. The van der Waals surface area contributed by atoms with Crippen molar-refractivity contribution in [1.82, 2.24) is 19.9 Å². The van der Waals surface area contributed by atoms with E-state index in [9.17, 15) is 24.3 Å². The average molecular weight is 839 g/mol. The van der Waals surface area contributed by atoms with Gasteiger partial charge in [-0.25, -0.2) is 4.98 Å². The highest BCUT2D eigenvalue weighted by Gasteiger charge is 2.56. The smallest absolute Gasteiger partial charge is 0.311 e. The first kappa shape index (κ1) is 44.6. The molecule has 15 nitrogen and oxygen atoms in total. The molecule has 0 spiro atoms. The topological polar surface area (TPSA) is 212 Å². The molecule has 15 heteroatoms. The maximum Gasteiger partial charge on any atom is 0.311 e. The maximum atomic E-state index is 14.3. The van der Waals surface area contributed by atoms with Gasteiger partial charge in [-0.1, -0.05) is 18.7 Å². The highest BCUT2D eigenvalue weighted by atomic mass is 16.6. The van der Waals surface area contributed by atoms with E-state index in [1.807, 2.05) is 52.0 Å². The lowest BCUT2D eigenvalue weighted by Crippen LogP contribution is -2.47. The zero-order valence-corrected chi connectivity index (χ0v) is 35.6. The molecular weight excluding hydrogens is 785 g/mol. The van der Waals surface area contributed by atoms with Gasteiger partial charge in [-0.05, 0) is 105 Å². The molecule has 0 amide bonds. The number of aryl methyl sites for hydroxylation is 3. The molecule has 8 bridgehead atoms. The summed E-state index contributed by atoms with van der Waals surface area (Å²) in [6.45, 7) is 12.3. The number of carboxylic acids is 1. The fraction of sp³-hybridized carbons (Fsp3) is 0.435. The number of aromatic nitrogens is 4. The summed E-state index contributed by atoms with van der Waals surface area (Å²) in [6, 6.07) is 7.62. The molecule has 4 N–H and O–H groups in total. The van der Waals surface area contributed by atoms with E-state index in [0.29, 0.717) is 41.2 Å². The molecule has 0 fully saturated rings. The first-order valence-corrected chi connectivity index (χ1v) is 20.3. The Morgan fingerprint density at radius 1 is 0.820 bits per heavy atom. The highest BCUT2D eigenvalue weighted by molar-refractivity contribution is 5.95. The number of aliphatic carboxylic acids is 1. The molecule has 3 aromatic heterocycles. The highest BCUT2D eigenvalue weighted by Crippen LogP contribution is 2.54. The summed E-state index contributed by atoms with van der Waals surface area (Å²) in [5.74, 6) is -4.90. The second-order valence-corrected chi connectivity index (χ2v) is 15.4. The number of esters is 3. The van der Waals surface area contributed by atoms with Crippen LogP contribution in [0.5, 0.6) is 0 Å². The summed E-state index contributed by atoms with van der Waals surface area (Å²) in [5, 5.41) is 19.5. The van der Waals surface area contributed by atoms with Crippen LogP contribution in [0.15, 0.2) is 36.9 Å². The van der Waals surface area contributed by atoms with E-state index in [1.54, 1.807) is 12.1 Å². The van der Waals surface area contributed by atoms with Gasteiger partial charge in [0.1, 0.15) is 6.61 Å². The molecule has 0 aromatic carbocycles. The van der Waals surface area contributed by atoms with Gasteiger partial charge in [-0.15, -0.1) is 0 Å². The Labute approximate surface area is 353 Å². The zero-order valence-electron chi connectivity index (χ0n) is 35.6. The maximum absolute atomic E-state index is 14.3. The Morgan fingerprint density at radius 2 is 1.46 bits per heavy atom. The molecule has 0 radical (unpaired) electrons. The predicted octanol–water partition coefficient (Wildman–Crippen LogP) is 6.19. The summed E-state index contributed by atoms with van der Waals surface area (Å²) in [6.07, 6.45) is 4.63. The van der Waals surface area contributed by atoms with E-state index >= 15 is 0 Å². The van der Waals surface area contributed by atoms with Gasteiger partial charge in [0.05, 0.1) is 87.3 Å². The van der Waals surface area contributed by atoms with E-state index in [1.165, 1.54) is 14.2 Å². The van der Waals surface area contributed by atoms with Crippen molar-refractivity contribution in [3.8, 4) is 0 Å². The van der Waals surface area contributed by atoms with E-state index in [2.05, 4.69) is 16.5 Å². The van der Waals surface area contributed by atoms with Crippen LogP contribution in [0.25, 0.3) is 44.9 Å². The molecule has 6 rings (SSSR count). The van der Waals surface area contributed by atoms with Gasteiger partial charge in [0.15, 0.2) is 0 Å². The van der Waals surface area contributed by atoms with Crippen molar-refractivity contribution in [2.75, 3.05) is 53.9 Å². The minimum absolute atomic E-state index is 0.0593. The van der Waals surface area contributed by atoms with E-state index < -0.39 is 29.2 Å². The summed E-state index contributed by atoms with van der Waals surface area (Å²) in [7, 11) is 2.70. The number of carbonyl (C=O) groups is 4. The van der Waals surface area contributed by atoms with Crippen LogP contribution in [0.1, 0.15) is 84.6 Å². The third-order valence-electron chi connectivity index (χ3n) is 12.0. The summed E-state index contributed by atoms with van der Waals surface area (Å²) >= 11 is 0. The number of aromatic amines is 2. The third kappa shape index (κ3) is 9.09. The zero-order chi connectivity index (χ0) is 44.0. The van der Waals surface area contributed by atoms with Gasteiger partial charge in [0, 0.05) is 40.5 Å². The lowest BCUT2D eigenvalue weighted by Gasteiger charge is -2.40. The number of allylic oxidation sites excluding steroid dienone is 4. The molecule has 324 valence electrons. The molecule has 3 aliphatic rings. The van der Waals surface area contributed by atoms with Gasteiger partial charge >= 0.3 is 23.9 Å². The van der Waals surface area contributed by atoms with Crippen LogP contribution in [0, 0.1) is 25.7 Å². The number of carboxylic acid groups (broad SMARTS) is 1. The molecule has 1 aliphatic carbocycles. The van der Waals surface area contributed by atoms with Crippen molar-refractivity contribution in [2.24, 2.45) is 11.8 Å². The van der Waals surface area contributed by atoms with Crippen LogP contribution in [0.2, 0.25) is 0 Å². The molecule has 3 aromatic rings. The second kappa shape index (κ2) is 19.2. The fourth-order valence-corrected chi connectivity index (χ4v) is 8.60. The van der Waals surface area contributed by atoms with Gasteiger partial charge in [0.2, 0.25) is 0 Å². The van der Waals surface area contributed by atoms with Crippen molar-refractivity contribution in [1.29, 1.82) is 0 Å². The molecule has 5 heterocycles. The van der Waals surface area contributed by atoms with Crippen LogP contribution in [-0.2, 0) is 54.7 Å². The van der Waals surface area contributed by atoms with E-state index in [4.69, 9.17) is 38.8 Å². The molecule has 2 aliphatic heterocycles. The summed E-state index contributed by atoms with van der Waals surface area (Å²) in [5.41, 5.74) is 9.68. The number of H-pyrrole nitrogens is 2. The van der Waals surface area contributed by atoms with E-state index in [-0.39, 0.29) is 70.8 Å². The van der Waals surface area contributed by atoms with Gasteiger partial charge in [-0.3, -0.25) is 24.2 Å². The Kier molecular flexibility index (Phi) is 14.1. The number of ether oxygens (including phenoxy) is 5. The molecule has 0 saturated heterocycles. The largest absolute Gasteiger partial charge is 0.481 e. The van der Waals surface area contributed by atoms with Crippen molar-refractivity contribution in [2.45, 2.75) is 65.2 Å². The lowest BCUT2D eigenvalue weighted by molar-refractivity contribution is -0.161. The van der Waals surface area contributed by atoms with Crippen LogP contribution >= 0.6 is 0 Å². The Balaban J connectivity index is 1.60. The Bertz CT molecular complexity index is 2460. The van der Waals surface area contributed by atoms with Crippen molar-refractivity contribution >= 4 is 68.7 Å². The second-order valence-electron chi connectivity index (χ2n) is 15.4. The SMILES string of the molecule is C=Cc1c(C)c2cc3nc(cc4nc(cc5[nH]c(cc1[nH]2)c(C)c5CCC(=O)OC)C(CCC(=O)OC)=C4C)[C@@]1(C)C3=CC[C@@H](C(=O)O)[C@H]1C(=O)OCCOCCOCCO. The number of hydrogen-bond donors (Lipinski definition) is 4. The monoisotopic (exact) mass is 838 g/mol. The first-order valence-electron chi connectivity index (χ1n) is 20.3. The number of nitrogens with one attached hydrogen (secondary N) is 2. The van der Waals surface area contributed by atoms with Crippen molar-refractivity contribution < 1.29 is 53.1 Å². The lowest BCUT2D eigenvalue weighted by atomic mass is 9.60. The van der Waals surface area contributed by atoms with Crippen molar-refractivity contribution in [3.05, 3.63) is 81.9 Å². The van der Waals surface area contributed by atoms with Crippen LogP contribution < -0.4 is 0 Å². The number of methoxy groups -OCH3 is 2. The first-order chi connectivity index (χ1) is 29.3. The Hall–Kier alpha value is -5.90. The van der Waals surface area contributed by atoms with Crippen LogP contribution in [0.4, 0.5) is 0 Å². The third-order valence-corrected chi connectivity index (χ3v) is 12.0. The van der Waals surface area contributed by atoms with Gasteiger partial charge in [0.25, 0.3) is 0 Å². The number of hydrogen-bond acceptors (Lipinski definition) is 12. The van der Waals surface area contributed by atoms with Crippen molar-refractivity contribution in [3.63, 3.8) is 0 Å². The molecule has 61 heavy (non-hydrogen) atoms. The number of aliphatic hydroxyl groups excluding tert-OH is 1. The Morgan fingerprint density at radius 3 is 2.13 bits per heavy atom. The summed E-state index contributed by atoms with van der Waals surface area (Å²) < 4.78 is 26.5. The number of rotatable bonds is 17. The van der Waals surface area contributed by atoms with E-state index in [0.717, 1.165) is 55.5 Å². The fourth-order valence-electron chi connectivity index (χ4n) is 8.60.